The van der Waals surface area contributed by atoms with Gasteiger partial charge in [-0.15, -0.1) is 11.3 Å². The molecule has 3 N–H and O–H groups in total. The number of sulfonamides is 1. The Bertz CT molecular complexity index is 607. The molecular weight excluding hydrogens is 268 g/mol. The summed E-state index contributed by atoms with van der Waals surface area (Å²) in [6, 6.07) is 10.7. The van der Waals surface area contributed by atoms with E-state index in [1.165, 1.54) is 10.9 Å². The predicted octanol–water partition coefficient (Wildman–Crippen LogP) is 1.69. The summed E-state index contributed by atoms with van der Waals surface area (Å²) in [6.07, 6.45) is 0. The Morgan fingerprint density at radius 3 is 2.67 bits per heavy atom. The highest BCUT2D eigenvalue weighted by Gasteiger charge is 2.07. The lowest BCUT2D eigenvalue weighted by Gasteiger charge is -2.05. The molecule has 0 unspecified atom stereocenters. The molecule has 0 saturated heterocycles. The smallest absolute Gasteiger partial charge is 0.238 e. The maximum absolute atomic E-state index is 11.2. The topological polar surface area (TPSA) is 72.2 Å². The number of nitrogens with one attached hydrogen (secondary N) is 1. The molecule has 0 fully saturated rings. The van der Waals surface area contributed by atoms with Crippen LogP contribution in [0.25, 0.3) is 0 Å². The predicted molar refractivity (Wildman–Crippen MR) is 72.7 cm³/mol. The Morgan fingerprint density at radius 2 is 2.00 bits per heavy atom. The van der Waals surface area contributed by atoms with E-state index in [1.54, 1.807) is 23.5 Å². The maximum Gasteiger partial charge on any atom is 0.238 e. The quantitative estimate of drug-likeness (QED) is 0.876. The first kappa shape index (κ1) is 13.2. The lowest BCUT2D eigenvalue weighted by Crippen LogP contribution is -2.14. The van der Waals surface area contributed by atoms with Gasteiger partial charge in [0.05, 0.1) is 4.90 Å². The Balaban J connectivity index is 1.98. The van der Waals surface area contributed by atoms with Crippen LogP contribution in [0.4, 0.5) is 0 Å². The minimum absolute atomic E-state index is 0.151. The minimum atomic E-state index is -3.62. The van der Waals surface area contributed by atoms with Crippen molar-refractivity contribution in [2.75, 3.05) is 0 Å². The third-order valence-electron chi connectivity index (χ3n) is 2.44. The van der Waals surface area contributed by atoms with Crippen molar-refractivity contribution in [1.82, 2.24) is 5.32 Å². The van der Waals surface area contributed by atoms with Crippen LogP contribution in [0.5, 0.6) is 0 Å². The highest BCUT2D eigenvalue weighted by molar-refractivity contribution is 7.89. The maximum atomic E-state index is 11.2. The Kier molecular flexibility index (Phi) is 4.13. The zero-order valence-corrected chi connectivity index (χ0v) is 11.3. The van der Waals surface area contributed by atoms with E-state index in [9.17, 15) is 8.42 Å². The standard InChI is InChI=1S/C12H14N2O2S2/c13-18(15,16)12-5-1-3-10(7-12)8-14-9-11-4-2-6-17-11/h1-7,14H,8-9H2,(H2,13,15,16). The molecule has 1 aromatic carbocycles. The second-order valence-corrected chi connectivity index (χ2v) is 6.47. The van der Waals surface area contributed by atoms with Gasteiger partial charge in [-0.2, -0.15) is 0 Å². The Labute approximate surface area is 111 Å². The number of thiophene rings is 1. The summed E-state index contributed by atoms with van der Waals surface area (Å²) >= 11 is 1.69. The number of benzene rings is 1. The van der Waals surface area contributed by atoms with Crippen LogP contribution in [0.1, 0.15) is 10.4 Å². The largest absolute Gasteiger partial charge is 0.308 e. The van der Waals surface area contributed by atoms with E-state index in [-0.39, 0.29) is 4.90 Å². The van der Waals surface area contributed by atoms with Crippen molar-refractivity contribution in [1.29, 1.82) is 0 Å². The third kappa shape index (κ3) is 3.64. The molecule has 1 heterocycles. The molecule has 0 atom stereocenters. The molecule has 96 valence electrons. The molecule has 0 saturated carbocycles. The Hall–Kier alpha value is -1.21. The van der Waals surface area contributed by atoms with Crippen LogP contribution >= 0.6 is 11.3 Å². The van der Waals surface area contributed by atoms with Gasteiger partial charge < -0.3 is 5.32 Å². The summed E-state index contributed by atoms with van der Waals surface area (Å²) in [5, 5.41) is 10.4. The number of hydrogen-bond donors (Lipinski definition) is 2. The lowest BCUT2D eigenvalue weighted by molar-refractivity contribution is 0.597. The molecule has 1 aromatic heterocycles. The molecular formula is C12H14N2O2S2. The van der Waals surface area contributed by atoms with Crippen LogP contribution in [0.3, 0.4) is 0 Å². The fourth-order valence-corrected chi connectivity index (χ4v) is 2.83. The molecule has 0 aliphatic heterocycles. The Morgan fingerprint density at radius 1 is 1.17 bits per heavy atom. The van der Waals surface area contributed by atoms with Crippen LogP contribution in [0.2, 0.25) is 0 Å². The molecule has 2 rings (SSSR count). The first-order valence-corrected chi connectivity index (χ1v) is 7.83. The second-order valence-electron chi connectivity index (χ2n) is 3.88. The molecule has 18 heavy (non-hydrogen) atoms. The molecule has 0 bridgehead atoms. The average Bonchev–Trinajstić information content (AvgIpc) is 2.81. The van der Waals surface area contributed by atoms with Crippen molar-refractivity contribution in [3.63, 3.8) is 0 Å². The first-order chi connectivity index (χ1) is 8.55. The zero-order chi connectivity index (χ0) is 13.0. The number of rotatable bonds is 5. The normalized spacial score (nSPS) is 11.6. The molecule has 0 radical (unpaired) electrons. The van der Waals surface area contributed by atoms with E-state index in [1.807, 2.05) is 17.5 Å². The van der Waals surface area contributed by atoms with E-state index in [0.717, 1.165) is 12.1 Å². The fraction of sp³-hybridized carbons (Fsp3) is 0.167. The molecule has 0 spiro atoms. The first-order valence-electron chi connectivity index (χ1n) is 5.40. The van der Waals surface area contributed by atoms with Gasteiger partial charge in [-0.25, -0.2) is 13.6 Å². The van der Waals surface area contributed by atoms with Gasteiger partial charge in [0, 0.05) is 18.0 Å². The van der Waals surface area contributed by atoms with Gasteiger partial charge in [0.25, 0.3) is 0 Å². The summed E-state index contributed by atoms with van der Waals surface area (Å²) in [6.45, 7) is 1.39. The molecule has 0 aliphatic rings. The van der Waals surface area contributed by atoms with Gasteiger partial charge in [0.2, 0.25) is 10.0 Å². The van der Waals surface area contributed by atoms with Crippen molar-refractivity contribution in [2.45, 2.75) is 18.0 Å². The van der Waals surface area contributed by atoms with Gasteiger partial charge in [0.1, 0.15) is 0 Å². The fourth-order valence-electron chi connectivity index (χ4n) is 1.58. The van der Waals surface area contributed by atoms with E-state index in [2.05, 4.69) is 11.4 Å². The van der Waals surface area contributed by atoms with Crippen LogP contribution < -0.4 is 10.5 Å². The van der Waals surface area contributed by atoms with Gasteiger partial charge in [-0.05, 0) is 29.1 Å². The van der Waals surface area contributed by atoms with Crippen LogP contribution in [0, 0.1) is 0 Å². The monoisotopic (exact) mass is 282 g/mol. The van der Waals surface area contributed by atoms with Crippen LogP contribution in [-0.2, 0) is 23.1 Å². The number of hydrogen-bond acceptors (Lipinski definition) is 4. The van der Waals surface area contributed by atoms with Crippen molar-refractivity contribution in [2.24, 2.45) is 5.14 Å². The van der Waals surface area contributed by atoms with Gasteiger partial charge >= 0.3 is 0 Å². The van der Waals surface area contributed by atoms with E-state index in [0.29, 0.717) is 6.54 Å². The van der Waals surface area contributed by atoms with E-state index >= 15 is 0 Å². The summed E-state index contributed by atoms with van der Waals surface area (Å²) in [5.41, 5.74) is 0.901. The van der Waals surface area contributed by atoms with E-state index < -0.39 is 10.0 Å². The van der Waals surface area contributed by atoms with Crippen molar-refractivity contribution in [3.05, 3.63) is 52.2 Å². The van der Waals surface area contributed by atoms with E-state index in [4.69, 9.17) is 5.14 Å². The number of nitrogens with two attached hydrogens (primary N) is 1. The lowest BCUT2D eigenvalue weighted by atomic mass is 10.2. The van der Waals surface area contributed by atoms with Crippen LogP contribution in [0.15, 0.2) is 46.7 Å². The highest BCUT2D eigenvalue weighted by Crippen LogP contribution is 2.11. The molecule has 0 aliphatic carbocycles. The second kappa shape index (κ2) is 5.62. The highest BCUT2D eigenvalue weighted by atomic mass is 32.2. The zero-order valence-electron chi connectivity index (χ0n) is 9.67. The SMILES string of the molecule is NS(=O)(=O)c1cccc(CNCc2cccs2)c1. The van der Waals surface area contributed by atoms with Gasteiger partial charge in [0.15, 0.2) is 0 Å². The molecule has 0 amide bonds. The van der Waals surface area contributed by atoms with Crippen molar-refractivity contribution >= 4 is 21.4 Å². The average molecular weight is 282 g/mol. The minimum Gasteiger partial charge on any atom is -0.308 e. The third-order valence-corrected chi connectivity index (χ3v) is 4.22. The summed E-state index contributed by atoms with van der Waals surface area (Å²) < 4.78 is 22.4. The van der Waals surface area contributed by atoms with Crippen molar-refractivity contribution in [3.8, 4) is 0 Å². The van der Waals surface area contributed by atoms with Crippen molar-refractivity contribution < 1.29 is 8.42 Å². The molecule has 2 aromatic rings. The summed E-state index contributed by atoms with van der Waals surface area (Å²) in [5.74, 6) is 0. The van der Waals surface area contributed by atoms with Gasteiger partial charge in [-0.3, -0.25) is 0 Å². The number of primary sulfonamides is 1. The molecule has 4 nitrogen and oxygen atoms in total. The van der Waals surface area contributed by atoms with Gasteiger partial charge in [-0.1, -0.05) is 18.2 Å². The van der Waals surface area contributed by atoms with Crippen LogP contribution in [-0.4, -0.2) is 8.42 Å². The summed E-state index contributed by atoms with van der Waals surface area (Å²) in [4.78, 5) is 1.40. The summed E-state index contributed by atoms with van der Waals surface area (Å²) in [7, 11) is -3.62. The molecule has 6 heteroatoms.